The van der Waals surface area contributed by atoms with Crippen molar-refractivity contribution < 1.29 is 4.74 Å². The van der Waals surface area contributed by atoms with Gasteiger partial charge in [0.1, 0.15) is 0 Å². The van der Waals surface area contributed by atoms with E-state index in [2.05, 4.69) is 31.1 Å². The zero-order valence-electron chi connectivity index (χ0n) is 9.92. The highest BCUT2D eigenvalue weighted by Crippen LogP contribution is 2.15. The fourth-order valence-electron chi connectivity index (χ4n) is 2.06. The second-order valence-electron chi connectivity index (χ2n) is 4.59. The number of hydrogen-bond acceptors (Lipinski definition) is 3. The van der Waals surface area contributed by atoms with Crippen molar-refractivity contribution >= 4 is 0 Å². The van der Waals surface area contributed by atoms with Gasteiger partial charge in [-0.3, -0.25) is 0 Å². The first-order valence-electron chi connectivity index (χ1n) is 5.58. The van der Waals surface area contributed by atoms with Crippen LogP contribution < -0.4 is 5.32 Å². The van der Waals surface area contributed by atoms with Gasteiger partial charge in [0.05, 0.1) is 6.10 Å². The van der Waals surface area contributed by atoms with Crippen molar-refractivity contribution in [2.45, 2.75) is 32.4 Å². The van der Waals surface area contributed by atoms with E-state index in [9.17, 15) is 0 Å². The molecule has 1 aliphatic rings. The molecule has 1 saturated heterocycles. The van der Waals surface area contributed by atoms with Gasteiger partial charge >= 0.3 is 0 Å². The van der Waals surface area contributed by atoms with Gasteiger partial charge in [0.2, 0.25) is 0 Å². The minimum atomic E-state index is 0.321. The van der Waals surface area contributed by atoms with Crippen molar-refractivity contribution in [2.75, 3.05) is 33.8 Å². The highest BCUT2D eigenvalue weighted by molar-refractivity contribution is 4.81. The molecular formula is C11H24N2O. The lowest BCUT2D eigenvalue weighted by atomic mass is 9.94. The minimum absolute atomic E-state index is 0.321. The SMILES string of the molecule is COC(C)CNC1CCN(C)CC1C. The first-order valence-corrected chi connectivity index (χ1v) is 5.58. The van der Waals surface area contributed by atoms with E-state index in [4.69, 9.17) is 4.74 Å². The van der Waals surface area contributed by atoms with E-state index >= 15 is 0 Å². The Hall–Kier alpha value is -0.120. The Morgan fingerprint density at radius 1 is 1.57 bits per heavy atom. The summed E-state index contributed by atoms with van der Waals surface area (Å²) >= 11 is 0. The largest absolute Gasteiger partial charge is 0.380 e. The zero-order chi connectivity index (χ0) is 10.6. The van der Waals surface area contributed by atoms with Crippen LogP contribution in [-0.2, 0) is 4.74 Å². The number of nitrogens with zero attached hydrogens (tertiary/aromatic N) is 1. The maximum atomic E-state index is 5.22. The summed E-state index contributed by atoms with van der Waals surface area (Å²) in [4.78, 5) is 2.41. The highest BCUT2D eigenvalue weighted by atomic mass is 16.5. The fourth-order valence-corrected chi connectivity index (χ4v) is 2.06. The Bertz CT molecular complexity index is 163. The molecule has 3 atom stereocenters. The van der Waals surface area contributed by atoms with E-state index in [1.807, 2.05) is 0 Å². The van der Waals surface area contributed by atoms with Crippen LogP contribution in [0.25, 0.3) is 0 Å². The molecule has 3 heteroatoms. The lowest BCUT2D eigenvalue weighted by molar-refractivity contribution is 0.102. The van der Waals surface area contributed by atoms with Crippen molar-refractivity contribution in [3.8, 4) is 0 Å². The van der Waals surface area contributed by atoms with Crippen LogP contribution in [0.3, 0.4) is 0 Å². The first kappa shape index (κ1) is 12.0. The molecule has 3 unspecified atom stereocenters. The summed E-state index contributed by atoms with van der Waals surface area (Å²) in [5.41, 5.74) is 0. The molecule has 1 aliphatic heterocycles. The van der Waals surface area contributed by atoms with E-state index < -0.39 is 0 Å². The number of ether oxygens (including phenoxy) is 1. The Morgan fingerprint density at radius 3 is 2.86 bits per heavy atom. The molecule has 14 heavy (non-hydrogen) atoms. The first-order chi connectivity index (χ1) is 6.63. The molecular weight excluding hydrogens is 176 g/mol. The summed E-state index contributed by atoms with van der Waals surface area (Å²) in [7, 11) is 3.97. The second-order valence-corrected chi connectivity index (χ2v) is 4.59. The fraction of sp³-hybridized carbons (Fsp3) is 1.00. The number of hydrogen-bond donors (Lipinski definition) is 1. The standard InChI is InChI=1S/C11H24N2O/c1-9-8-13(3)6-5-11(9)12-7-10(2)14-4/h9-12H,5-8H2,1-4H3. The quantitative estimate of drug-likeness (QED) is 0.731. The third-order valence-corrected chi connectivity index (χ3v) is 3.18. The van der Waals surface area contributed by atoms with E-state index in [1.165, 1.54) is 19.5 Å². The van der Waals surface area contributed by atoms with Gasteiger partial charge in [-0.1, -0.05) is 6.92 Å². The lowest BCUT2D eigenvalue weighted by Crippen LogP contribution is -2.48. The van der Waals surface area contributed by atoms with E-state index in [-0.39, 0.29) is 0 Å². The molecule has 0 aliphatic carbocycles. The van der Waals surface area contributed by atoms with Crippen LogP contribution in [0.2, 0.25) is 0 Å². The van der Waals surface area contributed by atoms with Gasteiger partial charge in [0.25, 0.3) is 0 Å². The summed E-state index contributed by atoms with van der Waals surface area (Å²) in [6.45, 7) is 7.81. The summed E-state index contributed by atoms with van der Waals surface area (Å²) in [6.07, 6.45) is 1.58. The molecule has 0 aromatic carbocycles. The maximum absolute atomic E-state index is 5.22. The molecule has 0 saturated carbocycles. The Morgan fingerprint density at radius 2 is 2.29 bits per heavy atom. The Labute approximate surface area is 87.8 Å². The van der Waals surface area contributed by atoms with E-state index in [1.54, 1.807) is 7.11 Å². The van der Waals surface area contributed by atoms with Crippen molar-refractivity contribution in [3.05, 3.63) is 0 Å². The molecule has 1 N–H and O–H groups in total. The Balaban J connectivity index is 2.24. The average molecular weight is 200 g/mol. The van der Waals surface area contributed by atoms with Gasteiger partial charge in [-0.15, -0.1) is 0 Å². The molecule has 3 nitrogen and oxygen atoms in total. The zero-order valence-corrected chi connectivity index (χ0v) is 9.92. The van der Waals surface area contributed by atoms with Crippen molar-refractivity contribution in [2.24, 2.45) is 5.92 Å². The van der Waals surface area contributed by atoms with Gasteiger partial charge in [-0.05, 0) is 32.9 Å². The molecule has 0 aromatic rings. The molecule has 1 heterocycles. The minimum Gasteiger partial charge on any atom is -0.380 e. The van der Waals surface area contributed by atoms with E-state index in [0.717, 1.165) is 12.5 Å². The predicted octanol–water partition coefficient (Wildman–Crippen LogP) is 0.951. The molecule has 0 bridgehead atoms. The number of rotatable bonds is 4. The summed E-state index contributed by atoms with van der Waals surface area (Å²) in [6, 6.07) is 0.670. The van der Waals surface area contributed by atoms with Crippen molar-refractivity contribution in [1.29, 1.82) is 0 Å². The third-order valence-electron chi connectivity index (χ3n) is 3.18. The smallest absolute Gasteiger partial charge is 0.0667 e. The second kappa shape index (κ2) is 5.69. The van der Waals surface area contributed by atoms with Crippen LogP contribution >= 0.6 is 0 Å². The molecule has 0 spiro atoms. The highest BCUT2D eigenvalue weighted by Gasteiger charge is 2.23. The van der Waals surface area contributed by atoms with Crippen LogP contribution in [0.1, 0.15) is 20.3 Å². The topological polar surface area (TPSA) is 24.5 Å². The lowest BCUT2D eigenvalue weighted by Gasteiger charge is -2.35. The van der Waals surface area contributed by atoms with Crippen LogP contribution in [-0.4, -0.2) is 50.8 Å². The number of piperidine rings is 1. The number of methoxy groups -OCH3 is 1. The van der Waals surface area contributed by atoms with Crippen LogP contribution in [0.5, 0.6) is 0 Å². The number of likely N-dealkylation sites (tertiary alicyclic amines) is 1. The summed E-state index contributed by atoms with van der Waals surface area (Å²) in [5, 5.41) is 3.59. The third kappa shape index (κ3) is 3.56. The average Bonchev–Trinajstić information content (AvgIpc) is 2.16. The van der Waals surface area contributed by atoms with Crippen LogP contribution in [0.4, 0.5) is 0 Å². The monoisotopic (exact) mass is 200 g/mol. The van der Waals surface area contributed by atoms with Gasteiger partial charge < -0.3 is 15.0 Å². The number of nitrogens with one attached hydrogen (secondary N) is 1. The van der Waals surface area contributed by atoms with Crippen molar-refractivity contribution in [3.63, 3.8) is 0 Å². The van der Waals surface area contributed by atoms with Crippen LogP contribution in [0.15, 0.2) is 0 Å². The van der Waals surface area contributed by atoms with Gasteiger partial charge in [-0.2, -0.15) is 0 Å². The van der Waals surface area contributed by atoms with Crippen LogP contribution in [0, 0.1) is 5.92 Å². The van der Waals surface area contributed by atoms with E-state index in [0.29, 0.717) is 12.1 Å². The molecule has 84 valence electrons. The molecule has 0 amide bonds. The van der Waals surface area contributed by atoms with Gasteiger partial charge in [0, 0.05) is 26.2 Å². The van der Waals surface area contributed by atoms with Gasteiger partial charge in [0.15, 0.2) is 0 Å². The van der Waals surface area contributed by atoms with Crippen molar-refractivity contribution in [1.82, 2.24) is 10.2 Å². The molecule has 1 fully saturated rings. The molecule has 0 radical (unpaired) electrons. The molecule has 1 rings (SSSR count). The normalized spacial score (nSPS) is 31.7. The molecule has 0 aromatic heterocycles. The predicted molar refractivity (Wildman–Crippen MR) is 59.5 cm³/mol. The Kier molecular flexibility index (Phi) is 4.85. The maximum Gasteiger partial charge on any atom is 0.0667 e. The summed E-state index contributed by atoms with van der Waals surface area (Å²) in [5.74, 6) is 0.748. The summed E-state index contributed by atoms with van der Waals surface area (Å²) < 4.78 is 5.22. The van der Waals surface area contributed by atoms with Gasteiger partial charge in [-0.25, -0.2) is 0 Å².